The number of carbonyl (C=O) groups excluding carboxylic acids is 1. The van der Waals surface area contributed by atoms with Gasteiger partial charge in [-0.1, -0.05) is 24.3 Å². The quantitative estimate of drug-likeness (QED) is 0.927. The minimum atomic E-state index is -0.121. The number of carbonyl (C=O) groups is 1. The molecule has 0 aliphatic carbocycles. The van der Waals surface area contributed by atoms with Crippen LogP contribution in [-0.4, -0.2) is 25.1 Å². The maximum Gasteiger partial charge on any atom is 0.321 e. The van der Waals surface area contributed by atoms with Gasteiger partial charge in [-0.3, -0.25) is 0 Å². The summed E-state index contributed by atoms with van der Waals surface area (Å²) in [6.45, 7) is 4.54. The summed E-state index contributed by atoms with van der Waals surface area (Å²) in [4.78, 5) is 13.9. The Balaban J connectivity index is 2.00. The van der Waals surface area contributed by atoms with Crippen molar-refractivity contribution in [3.05, 3.63) is 59.2 Å². The Kier molecular flexibility index (Phi) is 5.04. The lowest BCUT2D eigenvalue weighted by Gasteiger charge is -2.19. The number of hydrogen-bond acceptors (Lipinski definition) is 2. The zero-order chi connectivity index (χ0) is 16.1. The van der Waals surface area contributed by atoms with Crippen molar-refractivity contribution in [2.24, 2.45) is 0 Å². The molecule has 2 amide bonds. The van der Waals surface area contributed by atoms with Crippen molar-refractivity contribution in [1.29, 1.82) is 0 Å². The summed E-state index contributed by atoms with van der Waals surface area (Å²) in [5.41, 5.74) is 4.08. The molecule has 0 atom stereocenters. The number of methoxy groups -OCH3 is 1. The Morgan fingerprint density at radius 1 is 1.14 bits per heavy atom. The van der Waals surface area contributed by atoms with Crippen molar-refractivity contribution < 1.29 is 9.53 Å². The van der Waals surface area contributed by atoms with Gasteiger partial charge in [0.05, 0.1) is 7.11 Å². The molecule has 22 heavy (non-hydrogen) atoms. The minimum absolute atomic E-state index is 0.121. The van der Waals surface area contributed by atoms with Gasteiger partial charge in [0.25, 0.3) is 0 Å². The van der Waals surface area contributed by atoms with Gasteiger partial charge in [0, 0.05) is 19.3 Å². The van der Waals surface area contributed by atoms with Gasteiger partial charge in [0.1, 0.15) is 5.75 Å². The molecule has 1 N–H and O–H groups in total. The van der Waals surface area contributed by atoms with Crippen LogP contribution in [0.25, 0.3) is 0 Å². The van der Waals surface area contributed by atoms with E-state index in [4.69, 9.17) is 4.74 Å². The SMILES string of the molecule is COc1ccc(CN(C)C(=O)Nc2cc(C)ccc2C)cc1. The molecule has 0 aliphatic rings. The Labute approximate surface area is 131 Å². The molecule has 4 nitrogen and oxygen atoms in total. The van der Waals surface area contributed by atoms with Gasteiger partial charge in [-0.05, 0) is 48.7 Å². The first kappa shape index (κ1) is 15.9. The molecule has 0 saturated carbocycles. The summed E-state index contributed by atoms with van der Waals surface area (Å²) in [7, 11) is 3.42. The van der Waals surface area contributed by atoms with Crippen molar-refractivity contribution in [3.8, 4) is 5.75 Å². The summed E-state index contributed by atoms with van der Waals surface area (Å²) in [5.74, 6) is 0.811. The van der Waals surface area contributed by atoms with Crippen LogP contribution in [0.1, 0.15) is 16.7 Å². The number of rotatable bonds is 4. The molecule has 0 bridgehead atoms. The monoisotopic (exact) mass is 298 g/mol. The molecule has 2 rings (SSSR count). The van der Waals surface area contributed by atoms with Crippen molar-refractivity contribution in [3.63, 3.8) is 0 Å². The average Bonchev–Trinajstić information content (AvgIpc) is 2.51. The predicted octanol–water partition coefficient (Wildman–Crippen LogP) is 3.98. The third kappa shape index (κ3) is 4.01. The first-order chi connectivity index (χ1) is 10.5. The zero-order valence-corrected chi connectivity index (χ0v) is 13.5. The third-order valence-electron chi connectivity index (χ3n) is 3.56. The molecular weight excluding hydrogens is 276 g/mol. The fraction of sp³-hybridized carbons (Fsp3) is 0.278. The highest BCUT2D eigenvalue weighted by atomic mass is 16.5. The second-order valence-corrected chi connectivity index (χ2v) is 5.45. The second kappa shape index (κ2) is 6.98. The smallest absolute Gasteiger partial charge is 0.321 e. The van der Waals surface area contributed by atoms with E-state index in [0.29, 0.717) is 6.54 Å². The fourth-order valence-electron chi connectivity index (χ4n) is 2.16. The predicted molar refractivity (Wildman–Crippen MR) is 89.4 cm³/mol. The Morgan fingerprint density at radius 3 is 2.45 bits per heavy atom. The minimum Gasteiger partial charge on any atom is -0.497 e. The van der Waals surface area contributed by atoms with Gasteiger partial charge >= 0.3 is 6.03 Å². The fourth-order valence-corrected chi connectivity index (χ4v) is 2.16. The van der Waals surface area contributed by atoms with Crippen molar-refractivity contribution in [2.75, 3.05) is 19.5 Å². The van der Waals surface area contributed by atoms with Crippen molar-refractivity contribution >= 4 is 11.7 Å². The van der Waals surface area contributed by atoms with E-state index in [1.807, 2.05) is 56.3 Å². The van der Waals surface area contributed by atoms with Crippen LogP contribution in [0.2, 0.25) is 0 Å². The lowest BCUT2D eigenvalue weighted by Crippen LogP contribution is -2.31. The van der Waals surface area contributed by atoms with Crippen LogP contribution in [0.5, 0.6) is 5.75 Å². The molecule has 0 saturated heterocycles. The summed E-state index contributed by atoms with van der Waals surface area (Å²) < 4.78 is 5.13. The van der Waals surface area contributed by atoms with E-state index in [2.05, 4.69) is 5.32 Å². The summed E-state index contributed by atoms with van der Waals surface area (Å²) in [6.07, 6.45) is 0. The lowest BCUT2D eigenvalue weighted by molar-refractivity contribution is 0.220. The zero-order valence-electron chi connectivity index (χ0n) is 13.5. The Morgan fingerprint density at radius 2 is 1.82 bits per heavy atom. The van der Waals surface area contributed by atoms with Crippen LogP contribution in [0, 0.1) is 13.8 Å². The first-order valence-corrected chi connectivity index (χ1v) is 7.22. The molecule has 4 heteroatoms. The molecule has 0 aliphatic heterocycles. The largest absolute Gasteiger partial charge is 0.497 e. The molecule has 0 unspecified atom stereocenters. The van der Waals surface area contributed by atoms with Crippen LogP contribution in [-0.2, 0) is 6.54 Å². The lowest BCUT2D eigenvalue weighted by atomic mass is 10.1. The number of urea groups is 1. The van der Waals surface area contributed by atoms with Crippen molar-refractivity contribution in [2.45, 2.75) is 20.4 Å². The second-order valence-electron chi connectivity index (χ2n) is 5.45. The van der Waals surface area contributed by atoms with E-state index in [9.17, 15) is 4.79 Å². The number of nitrogens with one attached hydrogen (secondary N) is 1. The van der Waals surface area contributed by atoms with Crippen LogP contribution < -0.4 is 10.1 Å². The normalized spacial score (nSPS) is 10.2. The van der Waals surface area contributed by atoms with Crippen LogP contribution in [0.4, 0.5) is 10.5 Å². The van der Waals surface area contributed by atoms with Gasteiger partial charge in [-0.2, -0.15) is 0 Å². The van der Waals surface area contributed by atoms with Gasteiger partial charge in [0.2, 0.25) is 0 Å². The first-order valence-electron chi connectivity index (χ1n) is 7.22. The Hall–Kier alpha value is -2.49. The van der Waals surface area contributed by atoms with Gasteiger partial charge < -0.3 is 15.0 Å². The molecule has 0 aromatic heterocycles. The van der Waals surface area contributed by atoms with E-state index in [0.717, 1.165) is 28.1 Å². The van der Waals surface area contributed by atoms with Crippen molar-refractivity contribution in [1.82, 2.24) is 4.90 Å². The maximum atomic E-state index is 12.3. The van der Waals surface area contributed by atoms with E-state index in [-0.39, 0.29) is 6.03 Å². The van der Waals surface area contributed by atoms with E-state index < -0.39 is 0 Å². The molecule has 0 fully saturated rings. The molecule has 2 aromatic rings. The van der Waals surface area contributed by atoms with E-state index in [1.54, 1.807) is 19.1 Å². The van der Waals surface area contributed by atoms with Gasteiger partial charge in [0.15, 0.2) is 0 Å². The van der Waals surface area contributed by atoms with E-state index in [1.165, 1.54) is 0 Å². The number of benzene rings is 2. The maximum absolute atomic E-state index is 12.3. The molecule has 0 spiro atoms. The Bertz CT molecular complexity index is 651. The molecular formula is C18H22N2O2. The number of nitrogens with zero attached hydrogens (tertiary/aromatic N) is 1. The topological polar surface area (TPSA) is 41.6 Å². The van der Waals surface area contributed by atoms with Crippen LogP contribution in [0.15, 0.2) is 42.5 Å². The van der Waals surface area contributed by atoms with Crippen LogP contribution >= 0.6 is 0 Å². The highest BCUT2D eigenvalue weighted by Gasteiger charge is 2.11. The van der Waals surface area contributed by atoms with Crippen LogP contribution in [0.3, 0.4) is 0 Å². The average molecular weight is 298 g/mol. The molecule has 0 heterocycles. The number of amides is 2. The van der Waals surface area contributed by atoms with Gasteiger partial charge in [-0.25, -0.2) is 4.79 Å². The molecule has 116 valence electrons. The molecule has 0 radical (unpaired) electrons. The summed E-state index contributed by atoms with van der Waals surface area (Å²) in [5, 5.41) is 2.96. The summed E-state index contributed by atoms with van der Waals surface area (Å²) >= 11 is 0. The molecule has 2 aromatic carbocycles. The highest BCUT2D eigenvalue weighted by Crippen LogP contribution is 2.17. The number of aryl methyl sites for hydroxylation is 2. The third-order valence-corrected chi connectivity index (χ3v) is 3.56. The van der Waals surface area contributed by atoms with E-state index >= 15 is 0 Å². The number of hydrogen-bond donors (Lipinski definition) is 1. The standard InChI is InChI=1S/C18H22N2O2/c1-13-5-6-14(2)17(11-13)19-18(21)20(3)12-15-7-9-16(22-4)10-8-15/h5-11H,12H2,1-4H3,(H,19,21). The summed E-state index contributed by atoms with van der Waals surface area (Å²) in [6, 6.07) is 13.6. The number of anilines is 1. The number of ether oxygens (including phenoxy) is 1. The highest BCUT2D eigenvalue weighted by molar-refractivity contribution is 5.90. The van der Waals surface area contributed by atoms with Gasteiger partial charge in [-0.15, -0.1) is 0 Å².